The number of aromatic nitrogens is 2. The third-order valence-corrected chi connectivity index (χ3v) is 7.34. The maximum atomic E-state index is 13.5. The molecule has 1 aliphatic rings. The maximum Gasteiger partial charge on any atom is 0.264 e. The Bertz CT molecular complexity index is 1500. The number of nitrogens with one attached hydrogen (secondary N) is 1. The predicted molar refractivity (Wildman–Crippen MR) is 131 cm³/mol. The molecule has 0 fully saturated rings. The molecule has 0 radical (unpaired) electrons. The van der Waals surface area contributed by atoms with E-state index in [2.05, 4.69) is 30.6 Å². The number of benzene rings is 3. The first-order valence-corrected chi connectivity index (χ1v) is 12.7. The zero-order valence-corrected chi connectivity index (χ0v) is 20.2. The van der Waals surface area contributed by atoms with Crippen molar-refractivity contribution in [3.05, 3.63) is 88.7 Å². The molecule has 0 atom stereocenters. The lowest BCUT2D eigenvalue weighted by Crippen LogP contribution is -2.33. The minimum absolute atomic E-state index is 0.0198. The van der Waals surface area contributed by atoms with E-state index in [-0.39, 0.29) is 27.6 Å². The van der Waals surface area contributed by atoms with Gasteiger partial charge < -0.3 is 9.64 Å². The minimum atomic E-state index is -4.07. The van der Waals surface area contributed by atoms with Gasteiger partial charge in [-0.1, -0.05) is 40.2 Å². The molecule has 34 heavy (non-hydrogen) atoms. The number of fused-ring (bicyclic) bond motifs is 2. The van der Waals surface area contributed by atoms with Crippen LogP contribution in [0.4, 0.5) is 5.69 Å². The summed E-state index contributed by atoms with van der Waals surface area (Å²) in [5.74, 6) is 0.440. The van der Waals surface area contributed by atoms with Gasteiger partial charge in [0.15, 0.2) is 0 Å². The van der Waals surface area contributed by atoms with Crippen LogP contribution in [0, 0.1) is 0 Å². The third-order valence-electron chi connectivity index (χ3n) is 5.45. The van der Waals surface area contributed by atoms with Gasteiger partial charge >= 0.3 is 0 Å². The summed E-state index contributed by atoms with van der Waals surface area (Å²) < 4.78 is 35.7. The highest BCUT2D eigenvalue weighted by Gasteiger charge is 2.26. The molecule has 2 heterocycles. The molecule has 1 N–H and O–H groups in total. The van der Waals surface area contributed by atoms with E-state index < -0.39 is 10.0 Å². The molecule has 3 aromatic carbocycles. The first-order valence-electron chi connectivity index (χ1n) is 10.4. The van der Waals surface area contributed by atoms with Crippen LogP contribution in [0.1, 0.15) is 15.9 Å². The van der Waals surface area contributed by atoms with Crippen molar-refractivity contribution in [3.8, 4) is 5.75 Å². The summed E-state index contributed by atoms with van der Waals surface area (Å²) in [4.78, 5) is 23.5. The number of ether oxygens (including phenoxy) is 1. The molecule has 0 bridgehead atoms. The highest BCUT2D eigenvalue weighted by Crippen LogP contribution is 2.29. The molecule has 172 valence electrons. The molecular formula is C24H19BrN4O4S. The van der Waals surface area contributed by atoms with Gasteiger partial charge in [-0.05, 0) is 36.4 Å². The van der Waals surface area contributed by atoms with Crippen LogP contribution < -0.4 is 9.46 Å². The normalized spacial score (nSPS) is 13.6. The van der Waals surface area contributed by atoms with Gasteiger partial charge in [0.25, 0.3) is 15.9 Å². The predicted octanol–water partition coefficient (Wildman–Crippen LogP) is 4.23. The Balaban J connectivity index is 1.50. The minimum Gasteiger partial charge on any atom is -0.491 e. The van der Waals surface area contributed by atoms with Crippen LogP contribution >= 0.6 is 15.9 Å². The number of hydrogen-bond acceptors (Lipinski definition) is 6. The zero-order valence-electron chi connectivity index (χ0n) is 17.8. The molecule has 0 saturated heterocycles. The number of carbonyl (C=O) groups is 1. The Kier molecular flexibility index (Phi) is 5.93. The number of anilines is 1. The zero-order chi connectivity index (χ0) is 23.7. The molecular weight excluding hydrogens is 520 g/mol. The van der Waals surface area contributed by atoms with Gasteiger partial charge in [-0.2, -0.15) is 0 Å². The smallest absolute Gasteiger partial charge is 0.264 e. The molecule has 8 nitrogen and oxygen atoms in total. The van der Waals surface area contributed by atoms with E-state index >= 15 is 0 Å². The SMILES string of the molecule is O=C(c1ccc(Br)cc1NS(=O)(=O)c1cccc2nccnc12)N1CCOc2ccccc2C1. The molecule has 1 amide bonds. The number of amides is 1. The van der Waals surface area contributed by atoms with Crippen LogP contribution in [-0.2, 0) is 16.6 Å². The molecule has 0 unspecified atom stereocenters. The maximum absolute atomic E-state index is 13.5. The second-order valence-electron chi connectivity index (χ2n) is 7.66. The molecule has 0 aliphatic carbocycles. The van der Waals surface area contributed by atoms with Gasteiger partial charge in [-0.15, -0.1) is 0 Å². The molecule has 0 spiro atoms. The summed E-state index contributed by atoms with van der Waals surface area (Å²) in [6.07, 6.45) is 2.94. The summed E-state index contributed by atoms with van der Waals surface area (Å²) in [6.45, 7) is 1.07. The summed E-state index contributed by atoms with van der Waals surface area (Å²) in [5, 5.41) is 0. The Morgan fingerprint density at radius 2 is 1.85 bits per heavy atom. The number of nitrogens with zero attached hydrogens (tertiary/aromatic N) is 3. The van der Waals surface area contributed by atoms with Crippen molar-refractivity contribution < 1.29 is 17.9 Å². The average molecular weight is 539 g/mol. The number of halogens is 1. The Morgan fingerprint density at radius 1 is 1.03 bits per heavy atom. The van der Waals surface area contributed by atoms with Crippen LogP contribution in [0.15, 0.2) is 82.4 Å². The summed E-state index contributed by atoms with van der Waals surface area (Å²) in [5.41, 5.74) is 2.00. The summed E-state index contributed by atoms with van der Waals surface area (Å²) >= 11 is 3.38. The number of sulfonamides is 1. The molecule has 1 aromatic heterocycles. The lowest BCUT2D eigenvalue weighted by atomic mass is 10.1. The molecule has 0 saturated carbocycles. The number of carbonyl (C=O) groups excluding carboxylic acids is 1. The van der Waals surface area contributed by atoms with E-state index in [1.165, 1.54) is 18.5 Å². The largest absolute Gasteiger partial charge is 0.491 e. The van der Waals surface area contributed by atoms with Crippen molar-refractivity contribution >= 4 is 48.6 Å². The lowest BCUT2D eigenvalue weighted by molar-refractivity contribution is 0.0734. The molecule has 1 aliphatic heterocycles. The highest BCUT2D eigenvalue weighted by molar-refractivity contribution is 9.10. The van der Waals surface area contributed by atoms with E-state index in [9.17, 15) is 13.2 Å². The van der Waals surface area contributed by atoms with Crippen LogP contribution in [0.5, 0.6) is 5.75 Å². The molecule has 10 heteroatoms. The second kappa shape index (κ2) is 9.03. The number of para-hydroxylation sites is 2. The van der Waals surface area contributed by atoms with Crippen LogP contribution in [-0.4, -0.2) is 42.3 Å². The fourth-order valence-electron chi connectivity index (χ4n) is 3.84. The molecule has 4 aromatic rings. The van der Waals surface area contributed by atoms with Gasteiger partial charge in [-0.25, -0.2) is 8.42 Å². The van der Waals surface area contributed by atoms with E-state index in [0.29, 0.717) is 29.7 Å². The van der Waals surface area contributed by atoms with Gasteiger partial charge in [0.2, 0.25) is 0 Å². The summed E-state index contributed by atoms with van der Waals surface area (Å²) in [7, 11) is -4.07. The van der Waals surface area contributed by atoms with Gasteiger partial charge in [-0.3, -0.25) is 19.5 Å². The van der Waals surface area contributed by atoms with Crippen molar-refractivity contribution in [2.45, 2.75) is 11.4 Å². The Morgan fingerprint density at radius 3 is 2.74 bits per heavy atom. The first kappa shape index (κ1) is 22.3. The quantitative estimate of drug-likeness (QED) is 0.417. The van der Waals surface area contributed by atoms with Crippen molar-refractivity contribution in [2.75, 3.05) is 17.9 Å². The Hall–Kier alpha value is -3.50. The van der Waals surface area contributed by atoms with Crippen molar-refractivity contribution in [3.63, 3.8) is 0 Å². The number of rotatable bonds is 4. The van der Waals surface area contributed by atoms with Crippen molar-refractivity contribution in [1.29, 1.82) is 0 Å². The van der Waals surface area contributed by atoms with E-state index in [0.717, 1.165) is 11.3 Å². The number of hydrogen-bond donors (Lipinski definition) is 1. The van der Waals surface area contributed by atoms with E-state index in [1.54, 1.807) is 35.2 Å². The Labute approximate surface area is 204 Å². The van der Waals surface area contributed by atoms with Gasteiger partial charge in [0, 0.05) is 29.0 Å². The fourth-order valence-corrected chi connectivity index (χ4v) is 5.44. The van der Waals surface area contributed by atoms with Crippen LogP contribution in [0.3, 0.4) is 0 Å². The van der Waals surface area contributed by atoms with Crippen molar-refractivity contribution in [2.24, 2.45) is 0 Å². The monoisotopic (exact) mass is 538 g/mol. The van der Waals surface area contributed by atoms with E-state index in [1.807, 2.05) is 24.3 Å². The van der Waals surface area contributed by atoms with Crippen LogP contribution in [0.2, 0.25) is 0 Å². The first-order chi connectivity index (χ1) is 16.4. The topological polar surface area (TPSA) is 101 Å². The highest BCUT2D eigenvalue weighted by atomic mass is 79.9. The van der Waals surface area contributed by atoms with Gasteiger partial charge in [0.1, 0.15) is 22.8 Å². The summed E-state index contributed by atoms with van der Waals surface area (Å²) in [6, 6.07) is 17.2. The lowest BCUT2D eigenvalue weighted by Gasteiger charge is -2.22. The van der Waals surface area contributed by atoms with Crippen LogP contribution in [0.25, 0.3) is 11.0 Å². The fraction of sp³-hybridized carbons (Fsp3) is 0.125. The standard InChI is InChI=1S/C24H19BrN4O4S/c25-17-8-9-18(24(30)29-12-13-33-21-6-2-1-4-16(21)15-29)20(14-17)28-34(31,32)22-7-3-5-19-23(22)27-11-10-26-19/h1-11,14,28H,12-13,15H2. The van der Waals surface area contributed by atoms with Gasteiger partial charge in [0.05, 0.1) is 23.3 Å². The van der Waals surface area contributed by atoms with Crippen molar-refractivity contribution in [1.82, 2.24) is 14.9 Å². The average Bonchev–Trinajstić information content (AvgIpc) is 3.06. The second-order valence-corrected chi connectivity index (χ2v) is 10.2. The third kappa shape index (κ3) is 4.34. The van der Waals surface area contributed by atoms with E-state index in [4.69, 9.17) is 4.74 Å². The molecule has 5 rings (SSSR count).